The molecule has 2 amide bonds. The topological polar surface area (TPSA) is 35.6 Å². The minimum absolute atomic E-state index is 0.0255. The van der Waals surface area contributed by atoms with Crippen LogP contribution < -0.4 is 10.2 Å². The summed E-state index contributed by atoms with van der Waals surface area (Å²) in [5.74, 6) is 0. The Morgan fingerprint density at radius 2 is 1.64 bits per heavy atom. The Hall–Kier alpha value is -2.20. The molecule has 0 unspecified atom stereocenters. The van der Waals surface area contributed by atoms with E-state index in [4.69, 9.17) is 11.6 Å². The van der Waals surface area contributed by atoms with E-state index in [1.807, 2.05) is 29.2 Å². The molecular weight excluding hydrogens is 334 g/mol. The quantitative estimate of drug-likeness (QED) is 0.905. The predicted molar refractivity (Wildman–Crippen MR) is 104 cm³/mol. The second-order valence-electron chi connectivity index (χ2n) is 6.42. The summed E-state index contributed by atoms with van der Waals surface area (Å²) in [4.78, 5) is 16.5. The second-order valence-corrected chi connectivity index (χ2v) is 6.85. The first-order valence-electron chi connectivity index (χ1n) is 8.71. The van der Waals surface area contributed by atoms with Gasteiger partial charge in [-0.2, -0.15) is 0 Å². The first kappa shape index (κ1) is 17.6. The molecule has 0 atom stereocenters. The van der Waals surface area contributed by atoms with Crippen molar-refractivity contribution in [1.29, 1.82) is 0 Å². The molecule has 0 aromatic heterocycles. The molecule has 1 aliphatic rings. The minimum atomic E-state index is 0.0255. The van der Waals surface area contributed by atoms with Crippen LogP contribution in [0, 0.1) is 6.92 Å². The van der Waals surface area contributed by atoms with Crippen LogP contribution >= 0.6 is 11.6 Å². The van der Waals surface area contributed by atoms with Gasteiger partial charge in [0.25, 0.3) is 0 Å². The number of benzene rings is 2. The van der Waals surface area contributed by atoms with Crippen LogP contribution in [0.3, 0.4) is 0 Å². The fourth-order valence-electron chi connectivity index (χ4n) is 3.00. The molecule has 4 nitrogen and oxygen atoms in total. The maximum absolute atomic E-state index is 12.3. The number of piperazine rings is 1. The van der Waals surface area contributed by atoms with Crippen LogP contribution in [0.25, 0.3) is 0 Å². The Morgan fingerprint density at radius 3 is 2.28 bits per heavy atom. The molecule has 1 aliphatic heterocycles. The zero-order valence-electron chi connectivity index (χ0n) is 14.5. The number of carbonyl (C=O) groups is 1. The summed E-state index contributed by atoms with van der Waals surface area (Å²) in [6.45, 7) is 5.97. The van der Waals surface area contributed by atoms with Crippen molar-refractivity contribution >= 4 is 23.3 Å². The number of hydrogen-bond acceptors (Lipinski definition) is 2. The normalized spacial score (nSPS) is 14.5. The van der Waals surface area contributed by atoms with E-state index in [0.717, 1.165) is 37.6 Å². The van der Waals surface area contributed by atoms with Gasteiger partial charge in [0, 0.05) is 43.4 Å². The molecule has 0 aliphatic carbocycles. The minimum Gasteiger partial charge on any atom is -0.368 e. The van der Waals surface area contributed by atoms with Crippen LogP contribution in [-0.4, -0.2) is 43.7 Å². The van der Waals surface area contributed by atoms with Gasteiger partial charge in [-0.3, -0.25) is 0 Å². The van der Waals surface area contributed by atoms with Crippen molar-refractivity contribution in [2.45, 2.75) is 13.3 Å². The zero-order valence-corrected chi connectivity index (χ0v) is 15.3. The van der Waals surface area contributed by atoms with Crippen LogP contribution in [0.1, 0.15) is 11.1 Å². The Balaban J connectivity index is 1.42. The maximum atomic E-state index is 12.3. The predicted octanol–water partition coefficient (Wildman–Crippen LogP) is 3.72. The number of urea groups is 1. The van der Waals surface area contributed by atoms with E-state index in [1.54, 1.807) is 0 Å². The van der Waals surface area contributed by atoms with Gasteiger partial charge in [-0.05, 0) is 43.2 Å². The van der Waals surface area contributed by atoms with Gasteiger partial charge in [-0.15, -0.1) is 0 Å². The highest BCUT2D eigenvalue weighted by molar-refractivity contribution is 6.30. The standard InChI is InChI=1S/C20H24ClN3O/c1-16-2-8-19(9-3-16)23-12-14-24(15-13-23)20(25)22-11-10-17-4-6-18(21)7-5-17/h2-9H,10-15H2,1H3,(H,22,25). The molecule has 0 spiro atoms. The van der Waals surface area contributed by atoms with Crippen molar-refractivity contribution < 1.29 is 4.79 Å². The number of rotatable bonds is 4. The number of halogens is 1. The van der Waals surface area contributed by atoms with Gasteiger partial charge in [-0.25, -0.2) is 4.79 Å². The molecule has 1 fully saturated rings. The number of aryl methyl sites for hydroxylation is 1. The summed E-state index contributed by atoms with van der Waals surface area (Å²) in [5.41, 5.74) is 3.67. The lowest BCUT2D eigenvalue weighted by atomic mass is 10.1. The van der Waals surface area contributed by atoms with Gasteiger partial charge in [0.1, 0.15) is 0 Å². The molecule has 0 radical (unpaired) electrons. The fraction of sp³-hybridized carbons (Fsp3) is 0.350. The molecule has 25 heavy (non-hydrogen) atoms. The van der Waals surface area contributed by atoms with E-state index >= 15 is 0 Å². The van der Waals surface area contributed by atoms with E-state index in [1.165, 1.54) is 16.8 Å². The van der Waals surface area contributed by atoms with Crippen LogP contribution in [0.4, 0.5) is 10.5 Å². The summed E-state index contributed by atoms with van der Waals surface area (Å²) in [6, 6.07) is 16.3. The van der Waals surface area contributed by atoms with Gasteiger partial charge < -0.3 is 15.1 Å². The van der Waals surface area contributed by atoms with Crippen LogP contribution in [0.15, 0.2) is 48.5 Å². The lowest BCUT2D eigenvalue weighted by Crippen LogP contribution is -2.52. The first-order chi connectivity index (χ1) is 12.1. The Kier molecular flexibility index (Phi) is 5.82. The van der Waals surface area contributed by atoms with Crippen molar-refractivity contribution in [3.63, 3.8) is 0 Å². The number of nitrogens with one attached hydrogen (secondary N) is 1. The van der Waals surface area contributed by atoms with E-state index in [0.29, 0.717) is 6.54 Å². The lowest BCUT2D eigenvalue weighted by molar-refractivity contribution is 0.194. The summed E-state index contributed by atoms with van der Waals surface area (Å²) in [5, 5.41) is 3.75. The molecule has 132 valence electrons. The lowest BCUT2D eigenvalue weighted by Gasteiger charge is -2.36. The third-order valence-electron chi connectivity index (χ3n) is 4.57. The fourth-order valence-corrected chi connectivity index (χ4v) is 3.13. The molecule has 0 bridgehead atoms. The zero-order chi connectivity index (χ0) is 17.6. The average Bonchev–Trinajstić information content (AvgIpc) is 2.64. The van der Waals surface area contributed by atoms with Crippen molar-refractivity contribution in [3.05, 3.63) is 64.7 Å². The largest absolute Gasteiger partial charge is 0.368 e. The number of amides is 2. The van der Waals surface area contributed by atoms with Gasteiger partial charge in [0.2, 0.25) is 0 Å². The summed E-state index contributed by atoms with van der Waals surface area (Å²) < 4.78 is 0. The molecule has 2 aromatic carbocycles. The highest BCUT2D eigenvalue weighted by atomic mass is 35.5. The number of carbonyl (C=O) groups excluding carboxylic acids is 1. The highest BCUT2D eigenvalue weighted by Gasteiger charge is 2.20. The number of anilines is 1. The molecule has 2 aromatic rings. The summed E-state index contributed by atoms with van der Waals surface area (Å²) in [6.07, 6.45) is 0.812. The van der Waals surface area contributed by atoms with E-state index in [-0.39, 0.29) is 6.03 Å². The smallest absolute Gasteiger partial charge is 0.317 e. The van der Waals surface area contributed by atoms with Crippen molar-refractivity contribution in [1.82, 2.24) is 10.2 Å². The van der Waals surface area contributed by atoms with Gasteiger partial charge in [-0.1, -0.05) is 41.4 Å². The molecule has 3 rings (SSSR count). The SMILES string of the molecule is Cc1ccc(N2CCN(C(=O)NCCc3ccc(Cl)cc3)CC2)cc1. The Labute approximate surface area is 154 Å². The number of nitrogens with zero attached hydrogens (tertiary/aromatic N) is 2. The Morgan fingerprint density at radius 1 is 1.00 bits per heavy atom. The van der Waals surface area contributed by atoms with Crippen LogP contribution in [-0.2, 0) is 6.42 Å². The summed E-state index contributed by atoms with van der Waals surface area (Å²) >= 11 is 5.88. The number of hydrogen-bond donors (Lipinski definition) is 1. The molecule has 1 saturated heterocycles. The summed E-state index contributed by atoms with van der Waals surface area (Å²) in [7, 11) is 0. The molecular formula is C20H24ClN3O. The molecule has 1 heterocycles. The van der Waals surface area contributed by atoms with Crippen molar-refractivity contribution in [2.24, 2.45) is 0 Å². The highest BCUT2D eigenvalue weighted by Crippen LogP contribution is 2.17. The third-order valence-corrected chi connectivity index (χ3v) is 4.82. The third kappa shape index (κ3) is 4.89. The average molecular weight is 358 g/mol. The van der Waals surface area contributed by atoms with E-state index < -0.39 is 0 Å². The van der Waals surface area contributed by atoms with Gasteiger partial charge in [0.05, 0.1) is 0 Å². The monoisotopic (exact) mass is 357 g/mol. The first-order valence-corrected chi connectivity index (χ1v) is 9.08. The molecule has 1 N–H and O–H groups in total. The molecule has 5 heteroatoms. The Bertz CT molecular complexity index is 692. The maximum Gasteiger partial charge on any atom is 0.317 e. The van der Waals surface area contributed by atoms with Crippen molar-refractivity contribution in [3.8, 4) is 0 Å². The van der Waals surface area contributed by atoms with Crippen molar-refractivity contribution in [2.75, 3.05) is 37.6 Å². The van der Waals surface area contributed by atoms with E-state index in [9.17, 15) is 4.79 Å². The second kappa shape index (κ2) is 8.26. The van der Waals surface area contributed by atoms with Crippen LogP contribution in [0.2, 0.25) is 5.02 Å². The molecule has 0 saturated carbocycles. The van der Waals surface area contributed by atoms with Crippen LogP contribution in [0.5, 0.6) is 0 Å². The van der Waals surface area contributed by atoms with Gasteiger partial charge >= 0.3 is 6.03 Å². The van der Waals surface area contributed by atoms with E-state index in [2.05, 4.69) is 41.4 Å². The van der Waals surface area contributed by atoms with Gasteiger partial charge in [0.15, 0.2) is 0 Å².